The molecule has 0 aliphatic heterocycles. The second-order valence-electron chi connectivity index (χ2n) is 4.35. The van der Waals surface area contributed by atoms with Crippen LogP contribution in [-0.2, 0) is 6.42 Å². The van der Waals surface area contributed by atoms with Gasteiger partial charge in [0.25, 0.3) is 0 Å². The fourth-order valence-corrected chi connectivity index (χ4v) is 2.53. The van der Waals surface area contributed by atoms with Gasteiger partial charge in [0.2, 0.25) is 0 Å². The van der Waals surface area contributed by atoms with E-state index in [0.717, 1.165) is 34.4 Å². The molecule has 0 saturated carbocycles. The number of hydrogen-bond donors (Lipinski definition) is 1. The summed E-state index contributed by atoms with van der Waals surface area (Å²) in [6, 6.07) is 5.91. The van der Waals surface area contributed by atoms with Crippen LogP contribution in [0, 0.1) is 0 Å². The lowest BCUT2D eigenvalue weighted by Gasteiger charge is -2.12. The van der Waals surface area contributed by atoms with Gasteiger partial charge < -0.3 is 9.67 Å². The van der Waals surface area contributed by atoms with Crippen LogP contribution < -0.4 is 0 Å². The Balaban J connectivity index is 2.41. The molecule has 1 aromatic carbocycles. The normalized spacial score (nSPS) is 12.7. The lowest BCUT2D eigenvalue weighted by Crippen LogP contribution is -2.02. The van der Waals surface area contributed by atoms with Gasteiger partial charge in [-0.1, -0.05) is 13.0 Å². The summed E-state index contributed by atoms with van der Waals surface area (Å²) in [5.74, 6) is 1.06. The quantitative estimate of drug-likeness (QED) is 0.936. The molecule has 0 fully saturated rings. The zero-order valence-corrected chi connectivity index (χ0v) is 12.2. The highest BCUT2D eigenvalue weighted by molar-refractivity contribution is 9.10. The molecule has 1 atom stereocenters. The summed E-state index contributed by atoms with van der Waals surface area (Å²) < 4.78 is 3.05. The maximum absolute atomic E-state index is 9.57. The minimum Gasteiger partial charge on any atom is -0.389 e. The van der Waals surface area contributed by atoms with E-state index in [1.54, 1.807) is 6.92 Å². The Morgan fingerprint density at radius 1 is 1.44 bits per heavy atom. The van der Waals surface area contributed by atoms with Crippen LogP contribution in [0.25, 0.3) is 5.69 Å². The molecular weight excluding hydrogens is 292 g/mol. The molecule has 0 aliphatic rings. The van der Waals surface area contributed by atoms with E-state index >= 15 is 0 Å². The van der Waals surface area contributed by atoms with Crippen LogP contribution in [0.5, 0.6) is 0 Å². The van der Waals surface area contributed by atoms with Crippen molar-refractivity contribution in [2.45, 2.75) is 32.8 Å². The van der Waals surface area contributed by atoms with Crippen molar-refractivity contribution >= 4 is 15.9 Å². The average molecular weight is 309 g/mol. The highest BCUT2D eigenvalue weighted by atomic mass is 79.9. The molecule has 0 unspecified atom stereocenters. The number of hydrogen-bond acceptors (Lipinski definition) is 2. The third kappa shape index (κ3) is 2.65. The Bertz CT molecular complexity index is 534. The van der Waals surface area contributed by atoms with E-state index in [4.69, 9.17) is 0 Å². The third-order valence-electron chi connectivity index (χ3n) is 2.90. The van der Waals surface area contributed by atoms with E-state index in [9.17, 15) is 5.11 Å². The van der Waals surface area contributed by atoms with E-state index in [1.807, 2.05) is 30.6 Å². The van der Waals surface area contributed by atoms with Crippen molar-refractivity contribution in [2.75, 3.05) is 0 Å². The summed E-state index contributed by atoms with van der Waals surface area (Å²) >= 11 is 3.56. The number of rotatable bonds is 4. The molecule has 1 N–H and O–H groups in total. The molecule has 4 heteroatoms. The number of aliphatic hydroxyl groups is 1. The van der Waals surface area contributed by atoms with Crippen LogP contribution in [0.15, 0.2) is 35.1 Å². The van der Waals surface area contributed by atoms with Crippen molar-refractivity contribution in [2.24, 2.45) is 0 Å². The maximum atomic E-state index is 9.57. The first-order valence-corrected chi connectivity index (χ1v) is 6.93. The molecule has 1 aromatic heterocycles. The standard InChI is InChI=1S/C14H17BrN2O/c1-3-4-14-16-7-8-17(14)13-6-5-11(10(2)18)9-12(13)15/h5-10,18H,3-4H2,1-2H3/t10-/m0/s1. The van der Waals surface area contributed by atoms with Gasteiger partial charge in [-0.05, 0) is 47.0 Å². The molecule has 2 rings (SSSR count). The zero-order valence-electron chi connectivity index (χ0n) is 10.6. The molecule has 2 aromatic rings. The second-order valence-corrected chi connectivity index (χ2v) is 5.20. The smallest absolute Gasteiger partial charge is 0.113 e. The lowest BCUT2D eigenvalue weighted by molar-refractivity contribution is 0.199. The van der Waals surface area contributed by atoms with E-state index in [-0.39, 0.29) is 0 Å². The second kappa shape index (κ2) is 5.67. The van der Waals surface area contributed by atoms with Crippen LogP contribution in [0.1, 0.15) is 37.8 Å². The molecule has 0 aliphatic carbocycles. The zero-order chi connectivity index (χ0) is 13.1. The summed E-state index contributed by atoms with van der Waals surface area (Å²) in [4.78, 5) is 4.37. The minimum atomic E-state index is -0.451. The molecule has 0 bridgehead atoms. The number of nitrogens with zero attached hydrogens (tertiary/aromatic N) is 2. The summed E-state index contributed by atoms with van der Waals surface area (Å²) in [6.07, 6.45) is 5.36. The van der Waals surface area contributed by atoms with E-state index in [1.165, 1.54) is 0 Å². The molecule has 0 radical (unpaired) electrons. The van der Waals surface area contributed by atoms with Crippen LogP contribution in [-0.4, -0.2) is 14.7 Å². The van der Waals surface area contributed by atoms with Gasteiger partial charge in [0.1, 0.15) is 5.82 Å². The Hall–Kier alpha value is -1.13. The van der Waals surface area contributed by atoms with Crippen LogP contribution in [0.3, 0.4) is 0 Å². The van der Waals surface area contributed by atoms with Crippen LogP contribution in [0.2, 0.25) is 0 Å². The highest BCUT2D eigenvalue weighted by Crippen LogP contribution is 2.26. The summed E-state index contributed by atoms with van der Waals surface area (Å²) in [7, 11) is 0. The Labute approximate surface area is 116 Å². The van der Waals surface area contributed by atoms with Crippen LogP contribution >= 0.6 is 15.9 Å². The monoisotopic (exact) mass is 308 g/mol. The van der Waals surface area contributed by atoms with Gasteiger partial charge in [-0.2, -0.15) is 0 Å². The van der Waals surface area contributed by atoms with Crippen molar-refractivity contribution in [1.82, 2.24) is 9.55 Å². The molecule has 3 nitrogen and oxygen atoms in total. The molecule has 0 saturated heterocycles. The van der Waals surface area contributed by atoms with Gasteiger partial charge in [0, 0.05) is 23.3 Å². The largest absolute Gasteiger partial charge is 0.389 e. The molecule has 1 heterocycles. The van der Waals surface area contributed by atoms with Gasteiger partial charge >= 0.3 is 0 Å². The van der Waals surface area contributed by atoms with Crippen molar-refractivity contribution in [3.8, 4) is 5.69 Å². The predicted octanol–water partition coefficient (Wildman–Crippen LogP) is 3.64. The fourth-order valence-electron chi connectivity index (χ4n) is 1.94. The highest BCUT2D eigenvalue weighted by Gasteiger charge is 2.09. The van der Waals surface area contributed by atoms with E-state index in [0.29, 0.717) is 0 Å². The number of imidazole rings is 1. The third-order valence-corrected chi connectivity index (χ3v) is 3.54. The first-order valence-electron chi connectivity index (χ1n) is 6.13. The topological polar surface area (TPSA) is 38.0 Å². The predicted molar refractivity (Wildman–Crippen MR) is 75.9 cm³/mol. The van der Waals surface area contributed by atoms with Crippen LogP contribution in [0.4, 0.5) is 0 Å². The number of aliphatic hydroxyl groups excluding tert-OH is 1. The van der Waals surface area contributed by atoms with Crippen molar-refractivity contribution in [3.63, 3.8) is 0 Å². The average Bonchev–Trinajstić information content (AvgIpc) is 2.77. The van der Waals surface area contributed by atoms with E-state index < -0.39 is 6.10 Å². The first kappa shape index (κ1) is 13.3. The maximum Gasteiger partial charge on any atom is 0.113 e. The minimum absolute atomic E-state index is 0.451. The summed E-state index contributed by atoms with van der Waals surface area (Å²) in [5, 5.41) is 9.57. The van der Waals surface area contributed by atoms with Gasteiger partial charge in [-0.3, -0.25) is 0 Å². The van der Waals surface area contributed by atoms with Crippen molar-refractivity contribution in [3.05, 3.63) is 46.5 Å². The number of aromatic nitrogens is 2. The molecular formula is C14H17BrN2O. The van der Waals surface area contributed by atoms with E-state index in [2.05, 4.69) is 32.4 Å². The van der Waals surface area contributed by atoms with Crippen molar-refractivity contribution < 1.29 is 5.11 Å². The molecule has 96 valence electrons. The number of aryl methyl sites for hydroxylation is 1. The summed E-state index contributed by atoms with van der Waals surface area (Å²) in [5.41, 5.74) is 1.96. The number of benzene rings is 1. The van der Waals surface area contributed by atoms with Crippen molar-refractivity contribution in [1.29, 1.82) is 0 Å². The van der Waals surface area contributed by atoms with Gasteiger partial charge in [0.05, 0.1) is 11.8 Å². The first-order chi connectivity index (χ1) is 8.63. The lowest BCUT2D eigenvalue weighted by atomic mass is 10.1. The molecule has 18 heavy (non-hydrogen) atoms. The molecule has 0 spiro atoms. The fraction of sp³-hybridized carbons (Fsp3) is 0.357. The Morgan fingerprint density at radius 2 is 2.22 bits per heavy atom. The van der Waals surface area contributed by atoms with Gasteiger partial charge in [-0.15, -0.1) is 0 Å². The Morgan fingerprint density at radius 3 is 2.83 bits per heavy atom. The SMILES string of the molecule is CCCc1nccn1-c1ccc([C@H](C)O)cc1Br. The number of halogens is 1. The van der Waals surface area contributed by atoms with Gasteiger partial charge in [-0.25, -0.2) is 4.98 Å². The molecule has 0 amide bonds. The van der Waals surface area contributed by atoms with Gasteiger partial charge in [0.15, 0.2) is 0 Å². The summed E-state index contributed by atoms with van der Waals surface area (Å²) in [6.45, 7) is 3.91. The Kier molecular flexibility index (Phi) is 4.19.